The minimum absolute atomic E-state index is 0.0293. The minimum atomic E-state index is -0.783. The number of pyridine rings is 1. The fourth-order valence-electron chi connectivity index (χ4n) is 2.76. The first kappa shape index (κ1) is 14.5. The van der Waals surface area contributed by atoms with Crippen LogP contribution >= 0.6 is 0 Å². The van der Waals surface area contributed by atoms with Crippen LogP contribution in [0.15, 0.2) is 24.4 Å². The van der Waals surface area contributed by atoms with Gasteiger partial charge in [0.2, 0.25) is 5.91 Å². The standard InChI is InChI=1S/C15H20N2O3/c1-17(10-13-7-2-3-8-16-13)14(18)11-5-4-6-12(9-11)15(19)20/h2-3,7-8,11-12H,4-6,9-10H2,1H3,(H,19,20). The molecule has 20 heavy (non-hydrogen) atoms. The quantitative estimate of drug-likeness (QED) is 0.912. The van der Waals surface area contributed by atoms with Gasteiger partial charge in [-0.25, -0.2) is 0 Å². The van der Waals surface area contributed by atoms with E-state index in [9.17, 15) is 9.59 Å². The van der Waals surface area contributed by atoms with Crippen LogP contribution in [0.5, 0.6) is 0 Å². The Kier molecular flexibility index (Phi) is 4.71. The van der Waals surface area contributed by atoms with E-state index in [4.69, 9.17) is 5.11 Å². The Morgan fingerprint density at radius 1 is 1.35 bits per heavy atom. The first-order valence-electron chi connectivity index (χ1n) is 6.95. The molecule has 1 saturated carbocycles. The minimum Gasteiger partial charge on any atom is -0.481 e. The third-order valence-electron chi connectivity index (χ3n) is 3.87. The average molecular weight is 276 g/mol. The van der Waals surface area contributed by atoms with Crippen LogP contribution in [-0.4, -0.2) is 33.9 Å². The van der Waals surface area contributed by atoms with Crippen molar-refractivity contribution in [2.45, 2.75) is 32.2 Å². The molecular formula is C15H20N2O3. The van der Waals surface area contributed by atoms with Gasteiger partial charge in [0.1, 0.15) is 0 Å². The predicted molar refractivity (Wildman–Crippen MR) is 73.8 cm³/mol. The number of carbonyl (C=O) groups is 2. The van der Waals surface area contributed by atoms with Gasteiger partial charge in [0.25, 0.3) is 0 Å². The molecule has 2 atom stereocenters. The fourth-order valence-corrected chi connectivity index (χ4v) is 2.76. The lowest BCUT2D eigenvalue weighted by atomic mass is 9.81. The van der Waals surface area contributed by atoms with Crippen molar-refractivity contribution in [3.05, 3.63) is 30.1 Å². The van der Waals surface area contributed by atoms with Crippen LogP contribution in [0.2, 0.25) is 0 Å². The molecule has 0 saturated heterocycles. The summed E-state index contributed by atoms with van der Waals surface area (Å²) in [6.45, 7) is 0.466. The maximum absolute atomic E-state index is 12.4. The molecule has 1 fully saturated rings. The van der Waals surface area contributed by atoms with E-state index in [1.54, 1.807) is 18.1 Å². The lowest BCUT2D eigenvalue weighted by molar-refractivity contribution is -0.145. The molecule has 1 aromatic heterocycles. The second-order valence-electron chi connectivity index (χ2n) is 5.41. The van der Waals surface area contributed by atoms with Crippen molar-refractivity contribution in [2.24, 2.45) is 11.8 Å². The molecule has 5 nitrogen and oxygen atoms in total. The van der Waals surface area contributed by atoms with Crippen molar-refractivity contribution >= 4 is 11.9 Å². The summed E-state index contributed by atoms with van der Waals surface area (Å²) in [5.41, 5.74) is 0.842. The molecule has 108 valence electrons. The van der Waals surface area contributed by atoms with Crippen molar-refractivity contribution < 1.29 is 14.7 Å². The van der Waals surface area contributed by atoms with Gasteiger partial charge in [0.15, 0.2) is 0 Å². The fraction of sp³-hybridized carbons (Fsp3) is 0.533. The van der Waals surface area contributed by atoms with E-state index >= 15 is 0 Å². The van der Waals surface area contributed by atoms with Gasteiger partial charge in [-0.2, -0.15) is 0 Å². The summed E-state index contributed by atoms with van der Waals surface area (Å²) in [4.78, 5) is 29.3. The Hall–Kier alpha value is -1.91. The molecule has 5 heteroatoms. The number of aliphatic carboxylic acids is 1. The molecule has 0 aromatic carbocycles. The second kappa shape index (κ2) is 6.50. The summed E-state index contributed by atoms with van der Waals surface area (Å²) in [6, 6.07) is 5.61. The van der Waals surface area contributed by atoms with Crippen molar-refractivity contribution in [1.29, 1.82) is 0 Å². The maximum Gasteiger partial charge on any atom is 0.306 e. The highest BCUT2D eigenvalue weighted by Gasteiger charge is 2.32. The van der Waals surface area contributed by atoms with Crippen molar-refractivity contribution in [3.8, 4) is 0 Å². The number of nitrogens with zero attached hydrogens (tertiary/aromatic N) is 2. The summed E-state index contributed by atoms with van der Waals surface area (Å²) in [5, 5.41) is 9.08. The molecule has 0 spiro atoms. The Morgan fingerprint density at radius 3 is 2.75 bits per heavy atom. The number of hydrogen-bond acceptors (Lipinski definition) is 3. The van der Waals surface area contributed by atoms with E-state index in [2.05, 4.69) is 4.98 Å². The van der Waals surface area contributed by atoms with Crippen LogP contribution in [0.1, 0.15) is 31.4 Å². The average Bonchev–Trinajstić information content (AvgIpc) is 2.47. The number of amides is 1. The van der Waals surface area contributed by atoms with Crippen LogP contribution in [0.4, 0.5) is 0 Å². The summed E-state index contributed by atoms with van der Waals surface area (Å²) >= 11 is 0. The van der Waals surface area contributed by atoms with E-state index < -0.39 is 5.97 Å². The number of rotatable bonds is 4. The molecule has 2 unspecified atom stereocenters. The zero-order chi connectivity index (χ0) is 14.5. The molecule has 0 bridgehead atoms. The molecule has 1 aliphatic carbocycles. The van der Waals surface area contributed by atoms with Crippen molar-refractivity contribution in [3.63, 3.8) is 0 Å². The number of hydrogen-bond donors (Lipinski definition) is 1. The summed E-state index contributed by atoms with van der Waals surface area (Å²) in [6.07, 6.45) is 4.44. The van der Waals surface area contributed by atoms with E-state index in [0.717, 1.165) is 18.5 Å². The molecule has 2 rings (SSSR count). The first-order chi connectivity index (χ1) is 9.58. The largest absolute Gasteiger partial charge is 0.481 e. The van der Waals surface area contributed by atoms with E-state index in [1.165, 1.54) is 0 Å². The number of aromatic nitrogens is 1. The van der Waals surface area contributed by atoms with Gasteiger partial charge in [-0.05, 0) is 31.4 Å². The van der Waals surface area contributed by atoms with Gasteiger partial charge in [-0.15, -0.1) is 0 Å². The summed E-state index contributed by atoms with van der Waals surface area (Å²) in [7, 11) is 1.75. The monoisotopic (exact) mass is 276 g/mol. The van der Waals surface area contributed by atoms with Crippen LogP contribution < -0.4 is 0 Å². The summed E-state index contributed by atoms with van der Waals surface area (Å²) < 4.78 is 0. The smallest absolute Gasteiger partial charge is 0.306 e. The Labute approximate surface area is 118 Å². The molecular weight excluding hydrogens is 256 g/mol. The highest BCUT2D eigenvalue weighted by Crippen LogP contribution is 2.30. The molecule has 1 amide bonds. The first-order valence-corrected chi connectivity index (χ1v) is 6.95. The Bertz CT molecular complexity index is 475. The highest BCUT2D eigenvalue weighted by atomic mass is 16.4. The van der Waals surface area contributed by atoms with E-state index in [-0.39, 0.29) is 17.7 Å². The normalized spacial score (nSPS) is 22.2. The van der Waals surface area contributed by atoms with Crippen LogP contribution in [0, 0.1) is 11.8 Å². The van der Waals surface area contributed by atoms with Gasteiger partial charge in [-0.3, -0.25) is 14.6 Å². The van der Waals surface area contributed by atoms with Crippen LogP contribution in [0.25, 0.3) is 0 Å². The second-order valence-corrected chi connectivity index (χ2v) is 5.41. The number of carbonyl (C=O) groups excluding carboxylic acids is 1. The Morgan fingerprint density at radius 2 is 2.10 bits per heavy atom. The lowest BCUT2D eigenvalue weighted by Crippen LogP contribution is -2.36. The third-order valence-corrected chi connectivity index (χ3v) is 3.87. The highest BCUT2D eigenvalue weighted by molar-refractivity contribution is 5.80. The predicted octanol–water partition coefficient (Wildman–Crippen LogP) is 1.93. The van der Waals surface area contributed by atoms with Gasteiger partial charge in [-0.1, -0.05) is 12.5 Å². The maximum atomic E-state index is 12.4. The van der Waals surface area contributed by atoms with E-state index in [0.29, 0.717) is 19.4 Å². The van der Waals surface area contributed by atoms with Crippen molar-refractivity contribution in [2.75, 3.05) is 7.05 Å². The lowest BCUT2D eigenvalue weighted by Gasteiger charge is -2.29. The zero-order valence-electron chi connectivity index (χ0n) is 11.7. The van der Waals surface area contributed by atoms with Crippen LogP contribution in [-0.2, 0) is 16.1 Å². The molecule has 1 aromatic rings. The van der Waals surface area contributed by atoms with Gasteiger partial charge < -0.3 is 10.0 Å². The molecule has 1 N–H and O–H groups in total. The SMILES string of the molecule is CN(Cc1ccccn1)C(=O)C1CCCC(C(=O)O)C1. The van der Waals surface area contributed by atoms with Gasteiger partial charge in [0.05, 0.1) is 18.2 Å². The molecule has 1 heterocycles. The molecule has 0 radical (unpaired) electrons. The zero-order valence-corrected chi connectivity index (χ0v) is 11.7. The topological polar surface area (TPSA) is 70.5 Å². The van der Waals surface area contributed by atoms with E-state index in [1.807, 2.05) is 18.2 Å². The summed E-state index contributed by atoms with van der Waals surface area (Å²) in [5.74, 6) is -1.30. The van der Waals surface area contributed by atoms with Gasteiger partial charge >= 0.3 is 5.97 Å². The number of carboxylic acids is 1. The third kappa shape index (κ3) is 3.56. The Balaban J connectivity index is 1.94. The molecule has 1 aliphatic rings. The molecule has 0 aliphatic heterocycles. The number of carboxylic acid groups (broad SMARTS) is 1. The van der Waals surface area contributed by atoms with Crippen molar-refractivity contribution in [1.82, 2.24) is 9.88 Å². The van der Waals surface area contributed by atoms with Gasteiger partial charge in [0, 0.05) is 19.2 Å². The van der Waals surface area contributed by atoms with Crippen LogP contribution in [0.3, 0.4) is 0 Å².